The van der Waals surface area contributed by atoms with Crippen LogP contribution in [0.4, 0.5) is 10.1 Å². The first kappa shape index (κ1) is 16.7. The first-order valence-electron chi connectivity index (χ1n) is 6.90. The summed E-state index contributed by atoms with van der Waals surface area (Å²) < 4.78 is 18.1. The predicted octanol–water partition coefficient (Wildman–Crippen LogP) is 3.25. The van der Waals surface area contributed by atoms with Gasteiger partial charge in [-0.1, -0.05) is 0 Å². The molecule has 0 amide bonds. The van der Waals surface area contributed by atoms with E-state index < -0.39 is 0 Å². The zero-order valence-corrected chi connectivity index (χ0v) is 13.2. The Bertz CT molecular complexity index is 705. The summed E-state index contributed by atoms with van der Waals surface area (Å²) in [6.45, 7) is 2.29. The molecule has 0 saturated heterocycles. The van der Waals surface area contributed by atoms with Gasteiger partial charge in [-0.15, -0.1) is 0 Å². The summed E-state index contributed by atoms with van der Waals surface area (Å²) in [6.07, 6.45) is 1.54. The van der Waals surface area contributed by atoms with Gasteiger partial charge in [0.1, 0.15) is 5.82 Å². The summed E-state index contributed by atoms with van der Waals surface area (Å²) in [4.78, 5) is 0. The second-order valence-corrected chi connectivity index (χ2v) is 4.90. The number of phenolic OH excluding ortho intramolecular Hbond substituents is 1. The first-order valence-corrected chi connectivity index (χ1v) is 7.30. The van der Waals surface area contributed by atoms with Crippen molar-refractivity contribution < 1.29 is 14.2 Å². The van der Waals surface area contributed by atoms with Gasteiger partial charge in [-0.2, -0.15) is 5.10 Å². The molecule has 0 heterocycles. The normalized spacial score (nSPS) is 10.5. The van der Waals surface area contributed by atoms with Gasteiger partial charge in [0.05, 0.1) is 12.8 Å². The topological polar surface area (TPSA) is 65.9 Å². The molecule has 2 aromatic carbocycles. The number of nitrogens with zero attached hydrogens (tertiary/aromatic N) is 1. The zero-order chi connectivity index (χ0) is 16.7. The zero-order valence-electron chi connectivity index (χ0n) is 12.4. The molecular formula is C16H16FN3O2S. The van der Waals surface area contributed by atoms with E-state index >= 15 is 0 Å². The van der Waals surface area contributed by atoms with Crippen molar-refractivity contribution in [1.29, 1.82) is 0 Å². The number of hydrazone groups is 1. The summed E-state index contributed by atoms with van der Waals surface area (Å²) in [5.41, 5.74) is 4.05. The summed E-state index contributed by atoms with van der Waals surface area (Å²) >= 11 is 5.08. The van der Waals surface area contributed by atoms with Crippen LogP contribution in [0.2, 0.25) is 0 Å². The van der Waals surface area contributed by atoms with Gasteiger partial charge in [-0.3, -0.25) is 5.43 Å². The third-order valence-electron chi connectivity index (χ3n) is 2.77. The van der Waals surface area contributed by atoms with Gasteiger partial charge in [-0.25, -0.2) is 4.39 Å². The summed E-state index contributed by atoms with van der Waals surface area (Å²) in [6, 6.07) is 10.7. The average Bonchev–Trinajstić information content (AvgIpc) is 2.53. The minimum atomic E-state index is -0.315. The van der Waals surface area contributed by atoms with Crippen molar-refractivity contribution in [3.8, 4) is 11.5 Å². The highest BCUT2D eigenvalue weighted by Crippen LogP contribution is 2.26. The van der Waals surface area contributed by atoms with Crippen molar-refractivity contribution in [2.24, 2.45) is 5.10 Å². The molecule has 7 heteroatoms. The van der Waals surface area contributed by atoms with Crippen LogP contribution in [0.25, 0.3) is 0 Å². The molecule has 0 aliphatic heterocycles. The van der Waals surface area contributed by atoms with Crippen LogP contribution < -0.4 is 15.5 Å². The van der Waals surface area contributed by atoms with Gasteiger partial charge in [0, 0.05) is 5.69 Å². The molecule has 3 N–H and O–H groups in total. The molecule has 0 spiro atoms. The highest BCUT2D eigenvalue weighted by Gasteiger charge is 2.02. The molecule has 0 radical (unpaired) electrons. The fourth-order valence-corrected chi connectivity index (χ4v) is 1.91. The third kappa shape index (κ3) is 5.23. The van der Waals surface area contributed by atoms with Crippen LogP contribution in [-0.2, 0) is 0 Å². The Morgan fingerprint density at radius 3 is 2.74 bits per heavy atom. The second kappa shape index (κ2) is 8.09. The Hall–Kier alpha value is -2.67. The molecule has 0 bridgehead atoms. The molecular weight excluding hydrogens is 317 g/mol. The molecule has 0 fully saturated rings. The predicted molar refractivity (Wildman–Crippen MR) is 92.6 cm³/mol. The standard InChI is InChI=1S/C16H16FN3O2S/c1-2-22-15-9-11(3-8-14(15)21)10-18-20-16(23)19-13-6-4-12(17)5-7-13/h3-10,21H,2H2,1H3,(H2,19,20,23)/b18-10-. The number of hydrogen-bond acceptors (Lipinski definition) is 4. The highest BCUT2D eigenvalue weighted by atomic mass is 32.1. The SMILES string of the molecule is CCOc1cc(/C=N\NC(=S)Nc2ccc(F)cc2)ccc1O. The fraction of sp³-hybridized carbons (Fsp3) is 0.125. The van der Waals surface area contributed by atoms with Crippen molar-refractivity contribution in [3.63, 3.8) is 0 Å². The Labute approximate surface area is 138 Å². The second-order valence-electron chi connectivity index (χ2n) is 4.49. The molecule has 23 heavy (non-hydrogen) atoms. The van der Waals surface area contributed by atoms with E-state index in [1.54, 1.807) is 30.5 Å². The Balaban J connectivity index is 1.91. The van der Waals surface area contributed by atoms with E-state index in [1.807, 2.05) is 6.92 Å². The molecule has 120 valence electrons. The summed E-state index contributed by atoms with van der Waals surface area (Å²) in [5, 5.41) is 16.8. The maximum absolute atomic E-state index is 12.8. The monoisotopic (exact) mass is 333 g/mol. The van der Waals surface area contributed by atoms with Crippen molar-refractivity contribution in [1.82, 2.24) is 5.43 Å². The van der Waals surface area contributed by atoms with Crippen LogP contribution in [0.3, 0.4) is 0 Å². The maximum Gasteiger partial charge on any atom is 0.191 e. The van der Waals surface area contributed by atoms with E-state index in [0.29, 0.717) is 18.0 Å². The largest absolute Gasteiger partial charge is 0.504 e. The maximum atomic E-state index is 12.8. The summed E-state index contributed by atoms with van der Waals surface area (Å²) in [7, 11) is 0. The lowest BCUT2D eigenvalue weighted by molar-refractivity contribution is 0.318. The fourth-order valence-electron chi connectivity index (χ4n) is 1.74. The number of phenols is 1. The van der Waals surface area contributed by atoms with Crippen molar-refractivity contribution in [3.05, 3.63) is 53.8 Å². The first-order chi connectivity index (χ1) is 11.1. The van der Waals surface area contributed by atoms with Gasteiger partial charge in [0.25, 0.3) is 0 Å². The Kier molecular flexibility index (Phi) is 5.87. The van der Waals surface area contributed by atoms with Crippen molar-refractivity contribution >= 4 is 29.2 Å². The van der Waals surface area contributed by atoms with E-state index in [2.05, 4.69) is 15.8 Å². The lowest BCUT2D eigenvalue weighted by Crippen LogP contribution is -2.23. The van der Waals surface area contributed by atoms with E-state index in [9.17, 15) is 9.50 Å². The minimum Gasteiger partial charge on any atom is -0.504 e. The Morgan fingerprint density at radius 2 is 2.04 bits per heavy atom. The molecule has 0 aliphatic rings. The lowest BCUT2D eigenvalue weighted by Gasteiger charge is -2.07. The van der Waals surface area contributed by atoms with E-state index in [1.165, 1.54) is 18.2 Å². The van der Waals surface area contributed by atoms with Gasteiger partial charge in [0.2, 0.25) is 0 Å². The van der Waals surface area contributed by atoms with E-state index in [-0.39, 0.29) is 16.7 Å². The van der Waals surface area contributed by atoms with Gasteiger partial charge in [-0.05, 0) is 67.2 Å². The van der Waals surface area contributed by atoms with Crippen LogP contribution in [0, 0.1) is 5.82 Å². The smallest absolute Gasteiger partial charge is 0.191 e. The highest BCUT2D eigenvalue weighted by molar-refractivity contribution is 7.80. The number of anilines is 1. The molecule has 2 aromatic rings. The molecule has 0 saturated carbocycles. The van der Waals surface area contributed by atoms with E-state index in [0.717, 1.165) is 5.56 Å². The van der Waals surface area contributed by atoms with Gasteiger partial charge in [0.15, 0.2) is 16.6 Å². The molecule has 0 aromatic heterocycles. The summed E-state index contributed by atoms with van der Waals surface area (Å²) in [5.74, 6) is 0.152. The number of thiocarbonyl (C=S) groups is 1. The van der Waals surface area contributed by atoms with Crippen LogP contribution in [0.15, 0.2) is 47.6 Å². The van der Waals surface area contributed by atoms with Crippen molar-refractivity contribution in [2.45, 2.75) is 6.92 Å². The molecule has 0 atom stereocenters. The number of benzene rings is 2. The van der Waals surface area contributed by atoms with Crippen LogP contribution >= 0.6 is 12.2 Å². The number of aromatic hydroxyl groups is 1. The number of ether oxygens (including phenoxy) is 1. The van der Waals surface area contributed by atoms with Crippen molar-refractivity contribution in [2.75, 3.05) is 11.9 Å². The van der Waals surface area contributed by atoms with Crippen LogP contribution in [-0.4, -0.2) is 23.0 Å². The number of rotatable bonds is 5. The number of halogens is 1. The molecule has 5 nitrogen and oxygen atoms in total. The third-order valence-corrected chi connectivity index (χ3v) is 2.96. The number of nitrogens with one attached hydrogen (secondary N) is 2. The van der Waals surface area contributed by atoms with Crippen LogP contribution in [0.5, 0.6) is 11.5 Å². The molecule has 2 rings (SSSR count). The van der Waals surface area contributed by atoms with E-state index in [4.69, 9.17) is 17.0 Å². The number of hydrogen-bond donors (Lipinski definition) is 3. The molecule has 0 aliphatic carbocycles. The molecule has 0 unspecified atom stereocenters. The van der Waals surface area contributed by atoms with Gasteiger partial charge >= 0.3 is 0 Å². The lowest BCUT2D eigenvalue weighted by atomic mass is 10.2. The van der Waals surface area contributed by atoms with Gasteiger partial charge < -0.3 is 15.2 Å². The minimum absolute atomic E-state index is 0.0745. The average molecular weight is 333 g/mol. The Morgan fingerprint density at radius 1 is 1.30 bits per heavy atom. The van der Waals surface area contributed by atoms with Crippen LogP contribution in [0.1, 0.15) is 12.5 Å². The quantitative estimate of drug-likeness (QED) is 0.445.